The molecule has 1 N–H and O–H groups in total. The van der Waals surface area contributed by atoms with Crippen molar-refractivity contribution in [3.8, 4) is 11.5 Å². The summed E-state index contributed by atoms with van der Waals surface area (Å²) in [6.45, 7) is 5.81. The molecule has 24 heavy (non-hydrogen) atoms. The van der Waals surface area contributed by atoms with E-state index in [1.807, 2.05) is 0 Å². The first-order chi connectivity index (χ1) is 11.6. The fourth-order valence-electron chi connectivity index (χ4n) is 2.27. The third-order valence-corrected chi connectivity index (χ3v) is 4.23. The summed E-state index contributed by atoms with van der Waals surface area (Å²) in [4.78, 5) is 12.5. The fraction of sp³-hybridized carbons (Fsp3) is 0.353. The van der Waals surface area contributed by atoms with Crippen LogP contribution in [-0.4, -0.2) is 30.3 Å². The Balaban J connectivity index is 2.27. The third-order valence-electron chi connectivity index (χ3n) is 3.33. The lowest BCUT2D eigenvalue weighted by molar-refractivity contribution is 0.102. The molecule has 6 nitrogen and oxygen atoms in total. The zero-order chi connectivity index (χ0) is 17.5. The number of nitrogens with zero attached hydrogens (tertiary/aromatic N) is 2. The van der Waals surface area contributed by atoms with Crippen molar-refractivity contribution in [2.24, 2.45) is 0 Å². The molecule has 0 saturated carbocycles. The van der Waals surface area contributed by atoms with Crippen LogP contribution < -0.4 is 14.8 Å². The van der Waals surface area contributed by atoms with Crippen LogP contribution in [0.3, 0.4) is 0 Å². The van der Waals surface area contributed by atoms with Gasteiger partial charge in [0.15, 0.2) is 11.5 Å². The molecule has 0 saturated heterocycles. The molecule has 1 heterocycles. The van der Waals surface area contributed by atoms with Gasteiger partial charge in [-0.2, -0.15) is 0 Å². The molecule has 0 aliphatic heterocycles. The van der Waals surface area contributed by atoms with Crippen molar-refractivity contribution in [1.82, 2.24) is 10.2 Å². The number of amides is 1. The van der Waals surface area contributed by atoms with E-state index in [9.17, 15) is 4.79 Å². The molecule has 0 unspecified atom stereocenters. The molecular weight excluding hydrogens is 326 g/mol. The number of nitrogens with one attached hydrogen (secondary N) is 1. The van der Waals surface area contributed by atoms with Gasteiger partial charge in [-0.05, 0) is 25.0 Å². The van der Waals surface area contributed by atoms with Gasteiger partial charge in [-0.15, -0.1) is 16.8 Å². The lowest BCUT2D eigenvalue weighted by atomic mass is 10.1. The van der Waals surface area contributed by atoms with Gasteiger partial charge < -0.3 is 9.47 Å². The number of allylic oxidation sites excluding steroid dienone is 1. The summed E-state index contributed by atoms with van der Waals surface area (Å²) in [6, 6.07) is 3.42. The van der Waals surface area contributed by atoms with E-state index in [2.05, 4.69) is 29.0 Å². The first kappa shape index (κ1) is 17.9. The number of benzene rings is 1. The fourth-order valence-corrected chi connectivity index (χ4v) is 3.11. The van der Waals surface area contributed by atoms with Gasteiger partial charge in [0.25, 0.3) is 5.91 Å². The number of hydrogen-bond donors (Lipinski definition) is 1. The van der Waals surface area contributed by atoms with Crippen LogP contribution in [0.15, 0.2) is 24.8 Å². The predicted octanol–water partition coefficient (Wildman–Crippen LogP) is 3.49. The highest BCUT2D eigenvalue weighted by molar-refractivity contribution is 7.15. The molecule has 0 aliphatic carbocycles. The SMILES string of the molecule is C=CCc1cc(C(=O)Nc2nnc(CCC)s2)cc(OC)c1OC. The standard InChI is InChI=1S/C17H21N3O3S/c1-5-7-11-9-12(10-13(22-3)15(11)23-4)16(21)18-17-20-19-14(24-17)8-6-2/h5,9-10H,1,6-8H2,2-4H3,(H,18,20,21). The second-order valence-corrected chi connectivity index (χ2v) is 6.13. The van der Waals surface area contributed by atoms with Crippen LogP contribution in [0.5, 0.6) is 11.5 Å². The molecule has 1 aromatic heterocycles. The second-order valence-electron chi connectivity index (χ2n) is 5.07. The maximum Gasteiger partial charge on any atom is 0.257 e. The number of carbonyl (C=O) groups is 1. The number of aryl methyl sites for hydroxylation is 1. The van der Waals surface area contributed by atoms with Crippen LogP contribution in [0.4, 0.5) is 5.13 Å². The molecule has 0 aliphatic rings. The highest BCUT2D eigenvalue weighted by Crippen LogP contribution is 2.33. The molecule has 0 fully saturated rings. The van der Waals surface area contributed by atoms with Crippen molar-refractivity contribution < 1.29 is 14.3 Å². The van der Waals surface area contributed by atoms with Crippen molar-refractivity contribution in [2.45, 2.75) is 26.2 Å². The average molecular weight is 347 g/mol. The third kappa shape index (κ3) is 4.11. The van der Waals surface area contributed by atoms with Crippen LogP contribution in [0.1, 0.15) is 34.3 Å². The Labute approximate surface area is 145 Å². The summed E-state index contributed by atoms with van der Waals surface area (Å²) in [6.07, 6.45) is 4.16. The summed E-state index contributed by atoms with van der Waals surface area (Å²) < 4.78 is 10.7. The smallest absolute Gasteiger partial charge is 0.257 e. The van der Waals surface area contributed by atoms with Crippen molar-refractivity contribution in [3.05, 3.63) is 40.9 Å². The number of methoxy groups -OCH3 is 2. The molecule has 0 spiro atoms. The Morgan fingerprint density at radius 2 is 2.12 bits per heavy atom. The number of anilines is 1. The van der Waals surface area contributed by atoms with E-state index in [0.717, 1.165) is 23.4 Å². The minimum atomic E-state index is -0.263. The first-order valence-electron chi connectivity index (χ1n) is 7.62. The van der Waals surface area contributed by atoms with Gasteiger partial charge in [0.05, 0.1) is 14.2 Å². The number of hydrogen-bond acceptors (Lipinski definition) is 6. The number of carbonyl (C=O) groups excluding carboxylic acids is 1. The summed E-state index contributed by atoms with van der Waals surface area (Å²) in [5.41, 5.74) is 1.30. The molecule has 1 aromatic carbocycles. The van der Waals surface area contributed by atoms with E-state index in [-0.39, 0.29) is 5.91 Å². The van der Waals surface area contributed by atoms with Crippen LogP contribution in [0, 0.1) is 0 Å². The minimum Gasteiger partial charge on any atom is -0.493 e. The van der Waals surface area contributed by atoms with Gasteiger partial charge in [-0.1, -0.05) is 24.3 Å². The van der Waals surface area contributed by atoms with Crippen molar-refractivity contribution in [2.75, 3.05) is 19.5 Å². The highest BCUT2D eigenvalue weighted by Gasteiger charge is 2.17. The zero-order valence-corrected chi connectivity index (χ0v) is 14.9. The van der Waals surface area contributed by atoms with E-state index < -0.39 is 0 Å². The normalized spacial score (nSPS) is 10.3. The van der Waals surface area contributed by atoms with Gasteiger partial charge in [-0.25, -0.2) is 0 Å². The zero-order valence-electron chi connectivity index (χ0n) is 14.1. The summed E-state index contributed by atoms with van der Waals surface area (Å²) in [7, 11) is 3.11. The number of aromatic nitrogens is 2. The van der Waals surface area contributed by atoms with Gasteiger partial charge in [-0.3, -0.25) is 10.1 Å². The van der Waals surface area contributed by atoms with E-state index in [4.69, 9.17) is 9.47 Å². The van der Waals surface area contributed by atoms with Crippen LogP contribution >= 0.6 is 11.3 Å². The molecule has 1 amide bonds. The van der Waals surface area contributed by atoms with E-state index in [1.54, 1.807) is 32.4 Å². The Morgan fingerprint density at radius 1 is 1.33 bits per heavy atom. The lowest BCUT2D eigenvalue weighted by Gasteiger charge is -2.14. The summed E-state index contributed by atoms with van der Waals surface area (Å²) in [5.74, 6) is 0.849. The Bertz CT molecular complexity index is 728. The maximum absolute atomic E-state index is 12.5. The van der Waals surface area contributed by atoms with E-state index in [0.29, 0.717) is 28.6 Å². The molecule has 0 atom stereocenters. The number of ether oxygens (including phenoxy) is 2. The van der Waals surface area contributed by atoms with Gasteiger partial charge in [0, 0.05) is 17.5 Å². The molecular formula is C17H21N3O3S. The second kappa shape index (κ2) is 8.44. The van der Waals surface area contributed by atoms with Gasteiger partial charge in [0.2, 0.25) is 5.13 Å². The topological polar surface area (TPSA) is 73.3 Å². The molecule has 2 aromatic rings. The molecule has 0 radical (unpaired) electrons. The molecule has 128 valence electrons. The minimum absolute atomic E-state index is 0.263. The van der Waals surface area contributed by atoms with Crippen LogP contribution in [-0.2, 0) is 12.8 Å². The molecule has 7 heteroatoms. The largest absolute Gasteiger partial charge is 0.493 e. The van der Waals surface area contributed by atoms with Crippen molar-refractivity contribution in [1.29, 1.82) is 0 Å². The van der Waals surface area contributed by atoms with E-state index in [1.165, 1.54) is 11.3 Å². The van der Waals surface area contributed by atoms with Gasteiger partial charge >= 0.3 is 0 Å². The molecule has 0 bridgehead atoms. The van der Waals surface area contributed by atoms with Crippen LogP contribution in [0.2, 0.25) is 0 Å². The Hall–Kier alpha value is -2.41. The summed E-state index contributed by atoms with van der Waals surface area (Å²) in [5, 5.41) is 12.2. The average Bonchev–Trinajstić information content (AvgIpc) is 3.01. The lowest BCUT2D eigenvalue weighted by Crippen LogP contribution is -2.13. The number of rotatable bonds is 8. The molecule has 2 rings (SSSR count). The predicted molar refractivity (Wildman–Crippen MR) is 95.3 cm³/mol. The quantitative estimate of drug-likeness (QED) is 0.740. The first-order valence-corrected chi connectivity index (χ1v) is 8.44. The van der Waals surface area contributed by atoms with Gasteiger partial charge in [0.1, 0.15) is 5.01 Å². The Kier molecular flexibility index (Phi) is 6.31. The monoisotopic (exact) mass is 347 g/mol. The van der Waals surface area contributed by atoms with E-state index >= 15 is 0 Å². The van der Waals surface area contributed by atoms with Crippen molar-refractivity contribution >= 4 is 22.4 Å². The Morgan fingerprint density at radius 3 is 2.75 bits per heavy atom. The van der Waals surface area contributed by atoms with Crippen LogP contribution in [0.25, 0.3) is 0 Å². The van der Waals surface area contributed by atoms with Crippen molar-refractivity contribution in [3.63, 3.8) is 0 Å². The highest BCUT2D eigenvalue weighted by atomic mass is 32.1. The summed E-state index contributed by atoms with van der Waals surface area (Å²) >= 11 is 1.39. The maximum atomic E-state index is 12.5.